The average Bonchev–Trinajstić information content (AvgIpc) is 2.58. The van der Waals surface area contributed by atoms with Gasteiger partial charge in [0.2, 0.25) is 0 Å². The third-order valence-electron chi connectivity index (χ3n) is 1.31. The molecule has 1 heterocycles. The van der Waals surface area contributed by atoms with Crippen LogP contribution in [0.25, 0.3) is 0 Å². The number of phenols is 1. The van der Waals surface area contributed by atoms with E-state index in [-0.39, 0.29) is 0 Å². The lowest BCUT2D eigenvalue weighted by molar-refractivity contribution is 0.475. The molecule has 0 saturated carbocycles. The molecule has 1 N–H and O–H groups in total. The molecule has 0 saturated heterocycles. The van der Waals surface area contributed by atoms with Crippen LogP contribution in [-0.4, -0.2) is 10.1 Å². The topological polar surface area (TPSA) is 33.1 Å². The molecule has 0 aliphatic heterocycles. The number of thiazole rings is 1. The van der Waals surface area contributed by atoms with Crippen LogP contribution in [0.1, 0.15) is 5.01 Å². The van der Waals surface area contributed by atoms with Crippen molar-refractivity contribution in [3.8, 4) is 5.75 Å². The van der Waals surface area contributed by atoms with Gasteiger partial charge in [-0.3, -0.25) is 4.98 Å². The van der Waals surface area contributed by atoms with E-state index in [0.717, 1.165) is 5.01 Å². The second-order valence-corrected chi connectivity index (χ2v) is 3.49. The molecule has 0 spiro atoms. The van der Waals surface area contributed by atoms with Crippen LogP contribution in [0.2, 0.25) is 0 Å². The third-order valence-corrected chi connectivity index (χ3v) is 2.02. The minimum absolute atomic E-state index is 0.322. The largest absolute Gasteiger partial charge is 0.508 e. The van der Waals surface area contributed by atoms with Gasteiger partial charge in [0.05, 0.1) is 5.01 Å². The fraction of sp³-hybridized carbons (Fsp3) is 0.100. The molecule has 0 radical (unpaired) electrons. The van der Waals surface area contributed by atoms with Crippen LogP contribution in [0.15, 0.2) is 41.9 Å². The van der Waals surface area contributed by atoms with Gasteiger partial charge in [-0.25, -0.2) is 0 Å². The Hall–Kier alpha value is -1.35. The lowest BCUT2D eigenvalue weighted by atomic mass is 10.3. The van der Waals surface area contributed by atoms with E-state index in [1.165, 1.54) is 0 Å². The number of phenolic OH excluding ortho intramolecular Hbond substituents is 1. The summed E-state index contributed by atoms with van der Waals surface area (Å²) in [4.78, 5) is 3.94. The number of aryl methyl sites for hydroxylation is 1. The van der Waals surface area contributed by atoms with Crippen molar-refractivity contribution in [2.45, 2.75) is 6.92 Å². The van der Waals surface area contributed by atoms with Gasteiger partial charge in [-0.15, -0.1) is 11.3 Å². The first-order valence-electron chi connectivity index (χ1n) is 3.89. The highest BCUT2D eigenvalue weighted by Gasteiger charge is 1.76. The van der Waals surface area contributed by atoms with E-state index >= 15 is 0 Å². The Morgan fingerprint density at radius 3 is 2.15 bits per heavy atom. The van der Waals surface area contributed by atoms with Crippen molar-refractivity contribution in [1.29, 1.82) is 0 Å². The molecular formula is C10H11NOS. The number of aromatic nitrogens is 1. The van der Waals surface area contributed by atoms with E-state index in [2.05, 4.69) is 4.98 Å². The van der Waals surface area contributed by atoms with Gasteiger partial charge in [-0.05, 0) is 19.1 Å². The van der Waals surface area contributed by atoms with Gasteiger partial charge in [0.15, 0.2) is 0 Å². The molecule has 2 aromatic rings. The molecule has 0 bridgehead atoms. The van der Waals surface area contributed by atoms with E-state index in [9.17, 15) is 0 Å². The van der Waals surface area contributed by atoms with Crippen LogP contribution in [0, 0.1) is 6.92 Å². The highest BCUT2D eigenvalue weighted by molar-refractivity contribution is 7.09. The van der Waals surface area contributed by atoms with E-state index < -0.39 is 0 Å². The van der Waals surface area contributed by atoms with E-state index in [4.69, 9.17) is 5.11 Å². The van der Waals surface area contributed by atoms with Crippen LogP contribution < -0.4 is 0 Å². The van der Waals surface area contributed by atoms with Crippen molar-refractivity contribution in [2.24, 2.45) is 0 Å². The number of para-hydroxylation sites is 1. The summed E-state index contributed by atoms with van der Waals surface area (Å²) in [5.41, 5.74) is 0. The summed E-state index contributed by atoms with van der Waals surface area (Å²) >= 11 is 1.67. The highest BCUT2D eigenvalue weighted by Crippen LogP contribution is 2.02. The molecule has 0 aliphatic carbocycles. The van der Waals surface area contributed by atoms with Crippen LogP contribution in [-0.2, 0) is 0 Å². The van der Waals surface area contributed by atoms with E-state index in [0.29, 0.717) is 5.75 Å². The fourth-order valence-corrected chi connectivity index (χ4v) is 1.16. The molecule has 0 atom stereocenters. The third kappa shape index (κ3) is 4.28. The smallest absolute Gasteiger partial charge is 0.115 e. The maximum Gasteiger partial charge on any atom is 0.115 e. The molecule has 0 fully saturated rings. The Kier molecular flexibility index (Phi) is 3.99. The Morgan fingerprint density at radius 1 is 1.23 bits per heavy atom. The van der Waals surface area contributed by atoms with E-state index in [1.807, 2.05) is 18.4 Å². The fourth-order valence-electron chi connectivity index (χ4n) is 0.723. The first-order chi connectivity index (χ1) is 6.29. The quantitative estimate of drug-likeness (QED) is 0.698. The number of benzene rings is 1. The first-order valence-corrected chi connectivity index (χ1v) is 4.77. The maximum atomic E-state index is 8.63. The molecule has 68 valence electrons. The predicted molar refractivity (Wildman–Crippen MR) is 55.0 cm³/mol. The number of rotatable bonds is 0. The summed E-state index contributed by atoms with van der Waals surface area (Å²) in [5.74, 6) is 0.322. The summed E-state index contributed by atoms with van der Waals surface area (Å²) < 4.78 is 0. The second-order valence-electron chi connectivity index (χ2n) is 2.39. The summed E-state index contributed by atoms with van der Waals surface area (Å²) in [6, 6.07) is 8.71. The van der Waals surface area contributed by atoms with Gasteiger partial charge in [-0.2, -0.15) is 0 Å². The zero-order valence-electron chi connectivity index (χ0n) is 7.34. The lowest BCUT2D eigenvalue weighted by Crippen LogP contribution is -1.56. The van der Waals surface area contributed by atoms with Crippen molar-refractivity contribution in [2.75, 3.05) is 0 Å². The number of hydrogen-bond acceptors (Lipinski definition) is 3. The van der Waals surface area contributed by atoms with Gasteiger partial charge >= 0.3 is 0 Å². The van der Waals surface area contributed by atoms with Crippen molar-refractivity contribution in [3.05, 3.63) is 46.9 Å². The monoisotopic (exact) mass is 193 g/mol. The van der Waals surface area contributed by atoms with Gasteiger partial charge in [0, 0.05) is 11.6 Å². The molecule has 3 heteroatoms. The molecule has 13 heavy (non-hydrogen) atoms. The standard InChI is InChI=1S/C6H6O.C4H5NS/c7-6-4-2-1-3-5-6;1-4-5-2-3-6-4/h1-5,7H;2-3H,1H3. The van der Waals surface area contributed by atoms with Crippen molar-refractivity contribution < 1.29 is 5.11 Å². The molecular weight excluding hydrogens is 182 g/mol. The van der Waals surface area contributed by atoms with Gasteiger partial charge in [0.1, 0.15) is 5.75 Å². The summed E-state index contributed by atoms with van der Waals surface area (Å²) in [5, 5.41) is 11.7. The molecule has 0 amide bonds. The Balaban J connectivity index is 0.000000132. The Bertz CT molecular complexity index is 318. The SMILES string of the molecule is Cc1nccs1.Oc1ccccc1. The lowest BCUT2D eigenvalue weighted by Gasteiger charge is -1.82. The van der Waals surface area contributed by atoms with Crippen LogP contribution in [0.5, 0.6) is 5.75 Å². The van der Waals surface area contributed by atoms with Gasteiger partial charge in [0.25, 0.3) is 0 Å². The minimum atomic E-state index is 0.322. The minimum Gasteiger partial charge on any atom is -0.508 e. The summed E-state index contributed by atoms with van der Waals surface area (Å²) in [7, 11) is 0. The predicted octanol–water partition coefficient (Wildman–Crippen LogP) is 2.84. The molecule has 0 aliphatic rings. The van der Waals surface area contributed by atoms with Crippen LogP contribution in [0.3, 0.4) is 0 Å². The first kappa shape index (κ1) is 9.74. The average molecular weight is 193 g/mol. The Morgan fingerprint density at radius 2 is 1.92 bits per heavy atom. The molecule has 1 aromatic heterocycles. The van der Waals surface area contributed by atoms with E-state index in [1.54, 1.807) is 41.8 Å². The van der Waals surface area contributed by atoms with Crippen molar-refractivity contribution in [1.82, 2.24) is 4.98 Å². The van der Waals surface area contributed by atoms with Crippen molar-refractivity contribution in [3.63, 3.8) is 0 Å². The van der Waals surface area contributed by atoms with Gasteiger partial charge < -0.3 is 5.11 Å². The number of nitrogens with zero attached hydrogens (tertiary/aromatic N) is 1. The van der Waals surface area contributed by atoms with Crippen molar-refractivity contribution >= 4 is 11.3 Å². The molecule has 1 aromatic carbocycles. The summed E-state index contributed by atoms with van der Waals surface area (Å²) in [6.07, 6.45) is 1.81. The van der Waals surface area contributed by atoms with Crippen LogP contribution in [0.4, 0.5) is 0 Å². The van der Waals surface area contributed by atoms with Gasteiger partial charge in [-0.1, -0.05) is 18.2 Å². The normalized spacial score (nSPS) is 8.69. The number of hydrogen-bond donors (Lipinski definition) is 1. The molecule has 2 rings (SSSR count). The number of aromatic hydroxyl groups is 1. The molecule has 2 nitrogen and oxygen atoms in total. The van der Waals surface area contributed by atoms with Crippen LogP contribution >= 0.6 is 11.3 Å². The highest BCUT2D eigenvalue weighted by atomic mass is 32.1. The maximum absolute atomic E-state index is 8.63. The zero-order valence-corrected chi connectivity index (χ0v) is 8.16. The molecule has 0 unspecified atom stereocenters. The zero-order chi connectivity index (χ0) is 9.52. The second kappa shape index (κ2) is 5.32. The summed E-state index contributed by atoms with van der Waals surface area (Å²) in [6.45, 7) is 1.99. The Labute approximate surface area is 81.5 Å².